The molecular weight excluding hydrogens is 375 g/mol. The molecule has 0 amide bonds. The van der Waals surface area contributed by atoms with Crippen LogP contribution in [0.15, 0.2) is 48.5 Å². The summed E-state index contributed by atoms with van der Waals surface area (Å²) < 4.78 is 69.6. The van der Waals surface area contributed by atoms with Gasteiger partial charge in [0.25, 0.3) is 0 Å². The molecule has 3 aromatic rings. The van der Waals surface area contributed by atoms with Crippen LogP contribution in [0.3, 0.4) is 0 Å². The van der Waals surface area contributed by atoms with Crippen molar-refractivity contribution in [2.24, 2.45) is 0 Å². The third kappa shape index (κ3) is 4.61. The number of hydrogen-bond acceptors (Lipinski definition) is 1. The molecule has 148 valence electrons. The number of rotatable bonds is 6. The standard InChI is InChI=1S/C22H19F5O/c1-2-3-4-5-14-6-9-17(19(23)12-14)15-7-10-18-16(13-15)8-11-20(21(18)24)28-22(25,26)27/h6-13H,2-5H2,1H3. The summed E-state index contributed by atoms with van der Waals surface area (Å²) in [4.78, 5) is 0. The molecule has 0 aliphatic carbocycles. The van der Waals surface area contributed by atoms with Crippen molar-refractivity contribution in [3.8, 4) is 16.9 Å². The summed E-state index contributed by atoms with van der Waals surface area (Å²) in [6.07, 6.45) is -1.01. The fourth-order valence-corrected chi connectivity index (χ4v) is 3.17. The highest BCUT2D eigenvalue weighted by Gasteiger charge is 2.32. The fraction of sp³-hybridized carbons (Fsp3) is 0.273. The second kappa shape index (κ2) is 8.17. The second-order valence-corrected chi connectivity index (χ2v) is 6.63. The molecule has 0 saturated carbocycles. The highest BCUT2D eigenvalue weighted by molar-refractivity contribution is 5.89. The predicted molar refractivity (Wildman–Crippen MR) is 99.2 cm³/mol. The summed E-state index contributed by atoms with van der Waals surface area (Å²) >= 11 is 0. The van der Waals surface area contributed by atoms with Crippen LogP contribution in [0, 0.1) is 11.6 Å². The minimum absolute atomic E-state index is 0.0258. The average Bonchev–Trinajstić information content (AvgIpc) is 2.63. The molecule has 0 bridgehead atoms. The molecule has 1 nitrogen and oxygen atoms in total. The summed E-state index contributed by atoms with van der Waals surface area (Å²) in [5.41, 5.74) is 1.79. The van der Waals surface area contributed by atoms with Gasteiger partial charge >= 0.3 is 6.36 Å². The molecule has 0 fully saturated rings. The van der Waals surface area contributed by atoms with Gasteiger partial charge in [-0.1, -0.05) is 50.1 Å². The van der Waals surface area contributed by atoms with E-state index in [2.05, 4.69) is 11.7 Å². The van der Waals surface area contributed by atoms with E-state index in [1.807, 2.05) is 6.07 Å². The van der Waals surface area contributed by atoms with Gasteiger partial charge in [-0.3, -0.25) is 0 Å². The van der Waals surface area contributed by atoms with Crippen molar-refractivity contribution in [3.05, 3.63) is 65.7 Å². The minimum atomic E-state index is -4.98. The van der Waals surface area contributed by atoms with Crippen LogP contribution < -0.4 is 4.74 Å². The lowest BCUT2D eigenvalue weighted by atomic mass is 9.98. The molecule has 3 aromatic carbocycles. The third-order valence-corrected chi connectivity index (χ3v) is 4.56. The number of benzene rings is 3. The Labute approximate surface area is 159 Å². The smallest absolute Gasteiger partial charge is 0.403 e. The van der Waals surface area contributed by atoms with Crippen LogP contribution in [-0.2, 0) is 6.42 Å². The van der Waals surface area contributed by atoms with E-state index in [-0.39, 0.29) is 11.2 Å². The molecular formula is C22H19F5O. The molecule has 28 heavy (non-hydrogen) atoms. The van der Waals surface area contributed by atoms with E-state index < -0.39 is 17.9 Å². The molecule has 0 aromatic heterocycles. The number of unbranched alkanes of at least 4 members (excludes halogenated alkanes) is 2. The van der Waals surface area contributed by atoms with Gasteiger partial charge in [0.15, 0.2) is 11.6 Å². The molecule has 0 aliphatic rings. The predicted octanol–water partition coefficient (Wildman–Crippen LogP) is 7.42. The fourth-order valence-electron chi connectivity index (χ4n) is 3.17. The normalized spacial score (nSPS) is 11.8. The Bertz CT molecular complexity index is 979. The first-order chi connectivity index (χ1) is 13.3. The summed E-state index contributed by atoms with van der Waals surface area (Å²) in [6.45, 7) is 2.10. The van der Waals surface area contributed by atoms with Crippen LogP contribution in [0.5, 0.6) is 5.75 Å². The lowest BCUT2D eigenvalue weighted by Gasteiger charge is -2.12. The minimum Gasteiger partial charge on any atom is -0.403 e. The van der Waals surface area contributed by atoms with Crippen LogP contribution in [-0.4, -0.2) is 6.36 Å². The van der Waals surface area contributed by atoms with E-state index in [9.17, 15) is 22.0 Å². The van der Waals surface area contributed by atoms with Gasteiger partial charge in [0, 0.05) is 10.9 Å². The van der Waals surface area contributed by atoms with Crippen molar-refractivity contribution in [1.82, 2.24) is 0 Å². The van der Waals surface area contributed by atoms with Crippen LogP contribution in [0.2, 0.25) is 0 Å². The third-order valence-electron chi connectivity index (χ3n) is 4.56. The Kier molecular flexibility index (Phi) is 5.87. The van der Waals surface area contributed by atoms with Crippen molar-refractivity contribution in [3.63, 3.8) is 0 Å². The highest BCUT2D eigenvalue weighted by Crippen LogP contribution is 2.33. The molecule has 0 spiro atoms. The number of halogens is 5. The Morgan fingerprint density at radius 1 is 0.893 bits per heavy atom. The number of ether oxygens (including phenoxy) is 1. The van der Waals surface area contributed by atoms with Gasteiger partial charge in [-0.05, 0) is 47.6 Å². The summed E-state index contributed by atoms with van der Waals surface area (Å²) in [5.74, 6) is -2.38. The number of hydrogen-bond donors (Lipinski definition) is 0. The highest BCUT2D eigenvalue weighted by atomic mass is 19.4. The van der Waals surface area contributed by atoms with Gasteiger partial charge in [0.1, 0.15) is 5.82 Å². The topological polar surface area (TPSA) is 9.23 Å². The van der Waals surface area contributed by atoms with Gasteiger partial charge in [-0.15, -0.1) is 13.2 Å². The van der Waals surface area contributed by atoms with E-state index in [0.29, 0.717) is 16.5 Å². The average molecular weight is 394 g/mol. The van der Waals surface area contributed by atoms with Gasteiger partial charge < -0.3 is 4.74 Å². The maximum atomic E-state index is 14.6. The number of fused-ring (bicyclic) bond motifs is 1. The van der Waals surface area contributed by atoms with E-state index in [1.54, 1.807) is 12.1 Å². The Morgan fingerprint density at radius 2 is 1.68 bits per heavy atom. The quantitative estimate of drug-likeness (QED) is 0.312. The Hall–Kier alpha value is -2.63. The van der Waals surface area contributed by atoms with Gasteiger partial charge in [0.2, 0.25) is 0 Å². The molecule has 6 heteroatoms. The van der Waals surface area contributed by atoms with E-state index in [4.69, 9.17) is 0 Å². The lowest BCUT2D eigenvalue weighted by molar-refractivity contribution is -0.275. The molecule has 0 N–H and O–H groups in total. The first-order valence-electron chi connectivity index (χ1n) is 9.05. The van der Waals surface area contributed by atoms with Gasteiger partial charge in [-0.2, -0.15) is 0 Å². The van der Waals surface area contributed by atoms with Crippen LogP contribution in [0.4, 0.5) is 22.0 Å². The zero-order valence-electron chi connectivity index (χ0n) is 15.2. The molecule has 0 aliphatic heterocycles. The van der Waals surface area contributed by atoms with E-state index >= 15 is 0 Å². The SMILES string of the molecule is CCCCCc1ccc(-c2ccc3c(F)c(OC(F)(F)F)ccc3c2)c(F)c1. The molecule has 0 atom stereocenters. The largest absolute Gasteiger partial charge is 0.573 e. The van der Waals surface area contributed by atoms with Gasteiger partial charge in [0.05, 0.1) is 0 Å². The van der Waals surface area contributed by atoms with Crippen LogP contribution >= 0.6 is 0 Å². The monoisotopic (exact) mass is 394 g/mol. The van der Waals surface area contributed by atoms with Crippen LogP contribution in [0.25, 0.3) is 21.9 Å². The summed E-state index contributed by atoms with van der Waals surface area (Å²) in [5, 5.41) is 0.332. The molecule has 0 unspecified atom stereocenters. The second-order valence-electron chi connectivity index (χ2n) is 6.63. The number of alkyl halides is 3. The zero-order chi connectivity index (χ0) is 20.3. The van der Waals surface area contributed by atoms with Gasteiger partial charge in [-0.25, -0.2) is 8.78 Å². The van der Waals surface area contributed by atoms with Crippen molar-refractivity contribution in [1.29, 1.82) is 0 Å². The van der Waals surface area contributed by atoms with E-state index in [1.165, 1.54) is 24.3 Å². The molecule has 0 heterocycles. The Morgan fingerprint density at radius 3 is 2.36 bits per heavy atom. The van der Waals surface area contributed by atoms with Crippen LogP contribution in [0.1, 0.15) is 31.7 Å². The maximum Gasteiger partial charge on any atom is 0.573 e. The van der Waals surface area contributed by atoms with Crippen molar-refractivity contribution in [2.75, 3.05) is 0 Å². The molecule has 3 rings (SSSR count). The first kappa shape index (κ1) is 20.1. The summed E-state index contributed by atoms with van der Waals surface area (Å²) in [6, 6.07) is 11.6. The lowest BCUT2D eigenvalue weighted by Crippen LogP contribution is -2.17. The van der Waals surface area contributed by atoms with Crippen molar-refractivity contribution >= 4 is 10.8 Å². The summed E-state index contributed by atoms with van der Waals surface area (Å²) in [7, 11) is 0. The van der Waals surface area contributed by atoms with Crippen molar-refractivity contribution in [2.45, 2.75) is 39.0 Å². The Balaban J connectivity index is 1.91. The first-order valence-corrected chi connectivity index (χ1v) is 9.05. The zero-order valence-corrected chi connectivity index (χ0v) is 15.2. The molecule has 0 saturated heterocycles. The van der Waals surface area contributed by atoms with E-state index in [0.717, 1.165) is 37.3 Å². The number of aryl methyl sites for hydroxylation is 1. The molecule has 0 radical (unpaired) electrons. The maximum absolute atomic E-state index is 14.6. The van der Waals surface area contributed by atoms with Crippen molar-refractivity contribution < 1.29 is 26.7 Å².